The van der Waals surface area contributed by atoms with Crippen LogP contribution < -0.4 is 19.5 Å². The number of aromatic nitrogens is 2. The van der Waals surface area contributed by atoms with Gasteiger partial charge in [-0.3, -0.25) is 10.1 Å². The van der Waals surface area contributed by atoms with Gasteiger partial charge in [-0.2, -0.15) is 5.26 Å². The van der Waals surface area contributed by atoms with Crippen LogP contribution >= 0.6 is 22.9 Å². The number of hydrogen-bond acceptors (Lipinski definition) is 8. The molecule has 0 spiro atoms. The van der Waals surface area contributed by atoms with Gasteiger partial charge in [-0.15, -0.1) is 10.2 Å². The van der Waals surface area contributed by atoms with Crippen LogP contribution in [-0.2, 0) is 11.2 Å². The van der Waals surface area contributed by atoms with Crippen LogP contribution in [0.1, 0.15) is 35.5 Å². The Morgan fingerprint density at radius 1 is 1.16 bits per heavy atom. The maximum atomic E-state index is 12.7. The van der Waals surface area contributed by atoms with Crippen LogP contribution in [0.4, 0.5) is 5.13 Å². The van der Waals surface area contributed by atoms with Crippen molar-refractivity contribution in [1.29, 1.82) is 5.26 Å². The lowest BCUT2D eigenvalue weighted by Gasteiger charge is -2.15. The van der Waals surface area contributed by atoms with Crippen molar-refractivity contribution in [3.63, 3.8) is 0 Å². The maximum absolute atomic E-state index is 12.7. The fraction of sp³-hybridized carbons (Fsp3) is 0.333. The minimum absolute atomic E-state index is 0.116. The van der Waals surface area contributed by atoms with E-state index in [0.29, 0.717) is 34.7 Å². The van der Waals surface area contributed by atoms with Crippen LogP contribution in [0.2, 0.25) is 5.02 Å². The zero-order chi connectivity index (χ0) is 26.9. The maximum Gasteiger partial charge on any atom is 0.268 e. The van der Waals surface area contributed by atoms with E-state index in [-0.39, 0.29) is 17.2 Å². The summed E-state index contributed by atoms with van der Waals surface area (Å²) in [5.41, 5.74) is 2.54. The van der Waals surface area contributed by atoms with Crippen molar-refractivity contribution in [3.8, 4) is 23.3 Å². The van der Waals surface area contributed by atoms with E-state index < -0.39 is 5.91 Å². The first-order valence-electron chi connectivity index (χ1n) is 11.7. The van der Waals surface area contributed by atoms with E-state index >= 15 is 0 Å². The number of aryl methyl sites for hydroxylation is 2. The van der Waals surface area contributed by atoms with Gasteiger partial charge >= 0.3 is 0 Å². The molecule has 0 aliphatic rings. The zero-order valence-corrected chi connectivity index (χ0v) is 23.0. The van der Waals surface area contributed by atoms with Crippen molar-refractivity contribution < 1.29 is 19.0 Å². The number of carbonyl (C=O) groups is 1. The summed E-state index contributed by atoms with van der Waals surface area (Å²) in [6.45, 7) is 8.69. The minimum Gasteiger partial charge on any atom is -0.493 e. The highest BCUT2D eigenvalue weighted by atomic mass is 35.5. The van der Waals surface area contributed by atoms with E-state index in [1.54, 1.807) is 12.1 Å². The quantitative estimate of drug-likeness (QED) is 0.180. The Morgan fingerprint density at radius 2 is 1.92 bits per heavy atom. The summed E-state index contributed by atoms with van der Waals surface area (Å²) in [7, 11) is 1.49. The third-order valence-electron chi connectivity index (χ3n) is 5.13. The van der Waals surface area contributed by atoms with Gasteiger partial charge in [-0.1, -0.05) is 48.9 Å². The number of amides is 1. The number of carbonyl (C=O) groups excluding carboxylic acids is 1. The van der Waals surface area contributed by atoms with Crippen molar-refractivity contribution in [2.24, 2.45) is 5.92 Å². The molecule has 0 bridgehead atoms. The number of nitriles is 1. The predicted molar refractivity (Wildman–Crippen MR) is 146 cm³/mol. The van der Waals surface area contributed by atoms with Gasteiger partial charge in [-0.25, -0.2) is 0 Å². The minimum atomic E-state index is -0.589. The molecule has 194 valence electrons. The largest absolute Gasteiger partial charge is 0.493 e. The Bertz CT molecular complexity index is 1330. The number of nitrogens with one attached hydrogen (secondary N) is 1. The molecule has 0 unspecified atom stereocenters. The molecule has 0 fully saturated rings. The van der Waals surface area contributed by atoms with Gasteiger partial charge in [0, 0.05) is 6.42 Å². The second-order valence-electron chi connectivity index (χ2n) is 8.72. The van der Waals surface area contributed by atoms with E-state index in [1.165, 1.54) is 24.5 Å². The first kappa shape index (κ1) is 28.0. The SMILES string of the molecule is COc1cc(C=C(C#N)C(=O)Nc2nnc(CC(C)C)s2)cc(Cl)c1OCCOc1cc(C)ccc1C. The lowest BCUT2D eigenvalue weighted by atomic mass is 10.1. The van der Waals surface area contributed by atoms with Crippen LogP contribution in [0.3, 0.4) is 0 Å². The zero-order valence-electron chi connectivity index (χ0n) is 21.4. The smallest absolute Gasteiger partial charge is 0.268 e. The Morgan fingerprint density at radius 3 is 2.62 bits per heavy atom. The molecule has 0 saturated carbocycles. The summed E-state index contributed by atoms with van der Waals surface area (Å²) in [4.78, 5) is 12.7. The summed E-state index contributed by atoms with van der Waals surface area (Å²) >= 11 is 7.75. The number of nitrogens with zero attached hydrogens (tertiary/aromatic N) is 3. The van der Waals surface area contributed by atoms with Crippen LogP contribution in [0.15, 0.2) is 35.9 Å². The lowest BCUT2D eigenvalue weighted by molar-refractivity contribution is -0.112. The van der Waals surface area contributed by atoms with Gasteiger partial charge < -0.3 is 14.2 Å². The monoisotopic (exact) mass is 540 g/mol. The highest BCUT2D eigenvalue weighted by Crippen LogP contribution is 2.37. The first-order chi connectivity index (χ1) is 17.7. The third kappa shape index (κ3) is 7.94. The molecule has 2 aromatic carbocycles. The number of halogens is 1. The summed E-state index contributed by atoms with van der Waals surface area (Å²) in [5, 5.41) is 21.7. The van der Waals surface area contributed by atoms with Gasteiger partial charge in [0.05, 0.1) is 12.1 Å². The number of methoxy groups -OCH3 is 1. The Kier molecular flexibility index (Phi) is 9.89. The molecule has 3 rings (SSSR count). The normalized spacial score (nSPS) is 11.2. The molecule has 0 aliphatic carbocycles. The molecule has 0 saturated heterocycles. The number of benzene rings is 2. The highest BCUT2D eigenvalue weighted by Gasteiger charge is 2.16. The summed E-state index contributed by atoms with van der Waals surface area (Å²) in [6.07, 6.45) is 2.19. The molecule has 1 aromatic heterocycles. The van der Waals surface area contributed by atoms with Crippen LogP contribution in [0.5, 0.6) is 17.2 Å². The van der Waals surface area contributed by atoms with Crippen LogP contribution in [-0.4, -0.2) is 36.4 Å². The molecule has 0 aliphatic heterocycles. The summed E-state index contributed by atoms with van der Waals surface area (Å²) in [5.74, 6) is 1.34. The molecule has 0 radical (unpaired) electrons. The predicted octanol–water partition coefficient (Wildman–Crippen LogP) is 6.02. The second kappa shape index (κ2) is 13.1. The summed E-state index contributed by atoms with van der Waals surface area (Å²) < 4.78 is 17.1. The average molecular weight is 541 g/mol. The number of anilines is 1. The van der Waals surface area contributed by atoms with Crippen molar-refractivity contribution >= 4 is 40.1 Å². The molecule has 10 heteroatoms. The molecule has 37 heavy (non-hydrogen) atoms. The molecule has 1 heterocycles. The molecule has 0 atom stereocenters. The highest BCUT2D eigenvalue weighted by molar-refractivity contribution is 7.15. The molecular weight excluding hydrogens is 512 g/mol. The molecule has 1 amide bonds. The van der Waals surface area contributed by atoms with E-state index in [1.807, 2.05) is 38.1 Å². The topological polar surface area (TPSA) is 106 Å². The van der Waals surface area contributed by atoms with Crippen molar-refractivity contribution in [1.82, 2.24) is 10.2 Å². The molecule has 1 N–H and O–H groups in total. The number of ether oxygens (including phenoxy) is 3. The van der Waals surface area contributed by atoms with Crippen LogP contribution in [0.25, 0.3) is 6.08 Å². The Balaban J connectivity index is 1.68. The number of rotatable bonds is 11. The van der Waals surface area contributed by atoms with Crippen molar-refractivity contribution in [2.45, 2.75) is 34.1 Å². The van der Waals surface area contributed by atoms with E-state index in [2.05, 4.69) is 29.4 Å². The number of hydrogen-bond donors (Lipinski definition) is 1. The first-order valence-corrected chi connectivity index (χ1v) is 12.9. The van der Waals surface area contributed by atoms with Gasteiger partial charge in [0.2, 0.25) is 5.13 Å². The fourth-order valence-corrected chi connectivity index (χ4v) is 4.56. The van der Waals surface area contributed by atoms with Crippen LogP contribution in [0, 0.1) is 31.1 Å². The molecule has 8 nitrogen and oxygen atoms in total. The van der Waals surface area contributed by atoms with E-state index in [0.717, 1.165) is 28.3 Å². The Labute approximate surface area is 225 Å². The summed E-state index contributed by atoms with van der Waals surface area (Å²) in [6, 6.07) is 11.2. The average Bonchev–Trinajstić information content (AvgIpc) is 3.28. The fourth-order valence-electron chi connectivity index (χ4n) is 3.34. The van der Waals surface area contributed by atoms with Gasteiger partial charge in [-0.05, 0) is 60.7 Å². The third-order valence-corrected chi connectivity index (χ3v) is 6.27. The molecular formula is C27H29ClN4O4S. The molecule has 3 aromatic rings. The van der Waals surface area contributed by atoms with E-state index in [4.69, 9.17) is 25.8 Å². The Hall–Kier alpha value is -3.61. The van der Waals surface area contributed by atoms with Gasteiger partial charge in [0.25, 0.3) is 5.91 Å². The van der Waals surface area contributed by atoms with Gasteiger partial charge in [0.15, 0.2) is 11.5 Å². The van der Waals surface area contributed by atoms with Gasteiger partial charge in [0.1, 0.15) is 35.6 Å². The van der Waals surface area contributed by atoms with Crippen molar-refractivity contribution in [2.75, 3.05) is 25.6 Å². The standard InChI is InChI=1S/C27H29ClN4O4S/c1-16(2)10-24-31-32-27(37-24)30-26(33)20(15-29)12-19-13-21(28)25(23(14-19)34-5)36-9-8-35-22-11-17(3)6-7-18(22)4/h6-7,11-14,16H,8-10H2,1-5H3,(H,30,32,33). The lowest BCUT2D eigenvalue weighted by Crippen LogP contribution is -2.13. The second-order valence-corrected chi connectivity index (χ2v) is 10.2. The van der Waals surface area contributed by atoms with E-state index in [9.17, 15) is 10.1 Å². The van der Waals surface area contributed by atoms with Crippen molar-refractivity contribution in [3.05, 3.63) is 62.6 Å².